The molecule has 2 N–H and O–H groups in total. The topological polar surface area (TPSA) is 84.8 Å². The van der Waals surface area contributed by atoms with E-state index in [1.807, 2.05) is 39.0 Å². The van der Waals surface area contributed by atoms with E-state index >= 15 is 0 Å². The third-order valence-electron chi connectivity index (χ3n) is 4.15. The van der Waals surface area contributed by atoms with Crippen molar-refractivity contribution < 1.29 is 14.3 Å². The van der Waals surface area contributed by atoms with Crippen LogP contribution in [-0.4, -0.2) is 43.7 Å². The maximum atomic E-state index is 12.0. The van der Waals surface area contributed by atoms with Gasteiger partial charge in [-0.15, -0.1) is 11.3 Å². The molecule has 1 aromatic carbocycles. The highest BCUT2D eigenvalue weighted by Gasteiger charge is 2.20. The predicted octanol–water partition coefficient (Wildman–Crippen LogP) is 3.50. The summed E-state index contributed by atoms with van der Waals surface area (Å²) in [5.74, 6) is 1.25. The zero-order chi connectivity index (χ0) is 21.2. The largest absolute Gasteiger partial charge is 0.497 e. The van der Waals surface area contributed by atoms with Crippen molar-refractivity contribution >= 4 is 23.3 Å². The maximum absolute atomic E-state index is 12.0. The van der Waals surface area contributed by atoms with E-state index in [-0.39, 0.29) is 12.0 Å². The van der Waals surface area contributed by atoms with E-state index in [4.69, 9.17) is 9.47 Å². The summed E-state index contributed by atoms with van der Waals surface area (Å²) in [6.07, 6.45) is 0.811. The van der Waals surface area contributed by atoms with E-state index in [1.54, 1.807) is 14.0 Å². The molecule has 0 saturated heterocycles. The molecule has 0 amide bonds. The normalized spacial score (nSPS) is 12.4. The summed E-state index contributed by atoms with van der Waals surface area (Å²) in [6, 6.07) is 7.91. The smallest absolute Gasteiger partial charge is 0.350 e. The highest BCUT2D eigenvalue weighted by atomic mass is 32.1. The third kappa shape index (κ3) is 6.74. The number of ether oxygens (including phenoxy) is 2. The monoisotopic (exact) mass is 418 g/mol. The van der Waals surface area contributed by atoms with E-state index < -0.39 is 0 Å². The van der Waals surface area contributed by atoms with Crippen LogP contribution in [0.3, 0.4) is 0 Å². The fourth-order valence-electron chi connectivity index (χ4n) is 2.70. The van der Waals surface area contributed by atoms with E-state index in [0.717, 1.165) is 23.7 Å². The highest BCUT2D eigenvalue weighted by molar-refractivity contribution is 7.13. The summed E-state index contributed by atoms with van der Waals surface area (Å²) >= 11 is 1.36. The number of nitrogens with one attached hydrogen (secondary N) is 2. The summed E-state index contributed by atoms with van der Waals surface area (Å²) in [5, 5.41) is 7.44. The summed E-state index contributed by atoms with van der Waals surface area (Å²) in [7, 11) is 1.67. The molecule has 158 valence electrons. The summed E-state index contributed by atoms with van der Waals surface area (Å²) in [4.78, 5) is 21.8. The molecule has 7 nitrogen and oxygen atoms in total. The Morgan fingerprint density at radius 3 is 2.83 bits per heavy atom. The van der Waals surface area contributed by atoms with Gasteiger partial charge in [0, 0.05) is 13.1 Å². The third-order valence-corrected chi connectivity index (χ3v) is 5.47. The number of aryl methyl sites for hydroxylation is 1. The number of esters is 1. The molecule has 8 heteroatoms. The molecule has 1 unspecified atom stereocenters. The highest BCUT2D eigenvalue weighted by Crippen LogP contribution is 2.24. The van der Waals surface area contributed by atoms with Crippen molar-refractivity contribution in [3.8, 4) is 5.75 Å². The molecule has 1 aromatic heterocycles. The van der Waals surface area contributed by atoms with Crippen molar-refractivity contribution in [3.05, 3.63) is 45.4 Å². The van der Waals surface area contributed by atoms with E-state index in [2.05, 4.69) is 26.7 Å². The second-order valence-electron chi connectivity index (χ2n) is 6.42. The van der Waals surface area contributed by atoms with Crippen LogP contribution in [0.25, 0.3) is 0 Å². The Kier molecular flexibility index (Phi) is 8.92. The molecule has 0 spiro atoms. The number of rotatable bonds is 9. The molecule has 0 aliphatic carbocycles. The van der Waals surface area contributed by atoms with Crippen molar-refractivity contribution in [2.75, 3.05) is 26.8 Å². The van der Waals surface area contributed by atoms with Gasteiger partial charge in [0.2, 0.25) is 0 Å². The first-order valence-electron chi connectivity index (χ1n) is 9.80. The van der Waals surface area contributed by atoms with E-state index in [0.29, 0.717) is 29.7 Å². The van der Waals surface area contributed by atoms with Gasteiger partial charge in [0.25, 0.3) is 0 Å². The Labute approximate surface area is 176 Å². The fraction of sp³-hybridized carbons (Fsp3) is 0.476. The SMILES string of the molecule is CCNC(=NCCc1cccc(OC)c1)NC(C)c1nc(C)c(C(=O)OCC)s1. The lowest BCUT2D eigenvalue weighted by atomic mass is 10.1. The molecule has 0 radical (unpaired) electrons. The lowest BCUT2D eigenvalue weighted by Crippen LogP contribution is -2.38. The van der Waals surface area contributed by atoms with Gasteiger partial charge in [-0.3, -0.25) is 4.99 Å². The average Bonchev–Trinajstić information content (AvgIpc) is 3.10. The maximum Gasteiger partial charge on any atom is 0.350 e. The average molecular weight is 419 g/mol. The zero-order valence-corrected chi connectivity index (χ0v) is 18.6. The van der Waals surface area contributed by atoms with Crippen molar-refractivity contribution in [1.29, 1.82) is 0 Å². The fourth-order valence-corrected chi connectivity index (χ4v) is 3.66. The number of aromatic nitrogens is 1. The Morgan fingerprint density at radius 1 is 1.34 bits per heavy atom. The molecule has 2 aromatic rings. The van der Waals surface area contributed by atoms with Gasteiger partial charge in [-0.1, -0.05) is 12.1 Å². The molecular weight excluding hydrogens is 388 g/mol. The number of hydrogen-bond acceptors (Lipinski definition) is 6. The molecule has 29 heavy (non-hydrogen) atoms. The lowest BCUT2D eigenvalue weighted by molar-refractivity contribution is 0.0531. The van der Waals surface area contributed by atoms with Gasteiger partial charge in [0.1, 0.15) is 15.6 Å². The Morgan fingerprint density at radius 2 is 2.14 bits per heavy atom. The van der Waals surface area contributed by atoms with Crippen LogP contribution in [0.2, 0.25) is 0 Å². The minimum Gasteiger partial charge on any atom is -0.497 e. The van der Waals surface area contributed by atoms with Gasteiger partial charge in [-0.2, -0.15) is 0 Å². The molecule has 0 saturated carbocycles. The molecule has 1 heterocycles. The second kappa shape index (κ2) is 11.4. The van der Waals surface area contributed by atoms with Gasteiger partial charge >= 0.3 is 5.97 Å². The predicted molar refractivity (Wildman–Crippen MR) is 117 cm³/mol. The Bertz CT molecular complexity index is 835. The van der Waals surface area contributed by atoms with Crippen LogP contribution >= 0.6 is 11.3 Å². The minimum absolute atomic E-state index is 0.0866. The molecule has 2 rings (SSSR count). The van der Waals surface area contributed by atoms with Crippen LogP contribution in [0.1, 0.15) is 52.7 Å². The van der Waals surface area contributed by atoms with Crippen molar-refractivity contribution in [3.63, 3.8) is 0 Å². The number of guanidine groups is 1. The summed E-state index contributed by atoms with van der Waals surface area (Å²) in [6.45, 7) is 9.39. The number of aliphatic imine (C=N–C) groups is 1. The van der Waals surface area contributed by atoms with Crippen LogP contribution < -0.4 is 15.4 Å². The van der Waals surface area contributed by atoms with Gasteiger partial charge < -0.3 is 20.1 Å². The number of methoxy groups -OCH3 is 1. The number of hydrogen-bond donors (Lipinski definition) is 2. The minimum atomic E-state index is -0.320. The molecule has 1 atom stereocenters. The standard InChI is InChI=1S/C21H30N4O3S/c1-6-22-21(23-12-11-16-9-8-10-17(13-16)27-5)25-15(4)19-24-14(3)18(29-19)20(26)28-7-2/h8-10,13,15H,6-7,11-12H2,1-5H3,(H2,22,23,25). The molecular formula is C21H30N4O3S. The number of thiazole rings is 1. The van der Waals surface area contributed by atoms with Gasteiger partial charge in [0.05, 0.1) is 25.5 Å². The van der Waals surface area contributed by atoms with Crippen LogP contribution in [-0.2, 0) is 11.2 Å². The van der Waals surface area contributed by atoms with Gasteiger partial charge in [0.15, 0.2) is 5.96 Å². The van der Waals surface area contributed by atoms with E-state index in [9.17, 15) is 4.79 Å². The zero-order valence-electron chi connectivity index (χ0n) is 17.7. The molecule has 0 aliphatic rings. The van der Waals surface area contributed by atoms with Gasteiger partial charge in [-0.25, -0.2) is 9.78 Å². The van der Waals surface area contributed by atoms with Crippen molar-refractivity contribution in [2.45, 2.75) is 40.2 Å². The van der Waals surface area contributed by atoms with Crippen LogP contribution in [0.4, 0.5) is 0 Å². The summed E-state index contributed by atoms with van der Waals surface area (Å²) < 4.78 is 10.4. The molecule has 0 aliphatic heterocycles. The Hall–Kier alpha value is -2.61. The quantitative estimate of drug-likeness (QED) is 0.368. The van der Waals surface area contributed by atoms with Crippen LogP contribution in [0, 0.1) is 6.92 Å². The first-order valence-corrected chi connectivity index (χ1v) is 10.6. The Balaban J connectivity index is 2.02. The number of carbonyl (C=O) groups is 1. The van der Waals surface area contributed by atoms with Gasteiger partial charge in [-0.05, 0) is 51.8 Å². The number of nitrogens with zero attached hydrogens (tertiary/aromatic N) is 2. The van der Waals surface area contributed by atoms with Crippen molar-refractivity contribution in [2.24, 2.45) is 4.99 Å². The second-order valence-corrected chi connectivity index (χ2v) is 7.45. The number of carbonyl (C=O) groups excluding carboxylic acids is 1. The first kappa shape index (κ1) is 22.7. The van der Waals surface area contributed by atoms with Crippen LogP contribution in [0.15, 0.2) is 29.3 Å². The molecule has 0 bridgehead atoms. The number of benzene rings is 1. The lowest BCUT2D eigenvalue weighted by Gasteiger charge is -2.16. The van der Waals surface area contributed by atoms with Crippen LogP contribution in [0.5, 0.6) is 5.75 Å². The molecule has 0 fully saturated rings. The van der Waals surface area contributed by atoms with Crippen molar-refractivity contribution in [1.82, 2.24) is 15.6 Å². The summed E-state index contributed by atoms with van der Waals surface area (Å²) in [5.41, 5.74) is 1.86. The van der Waals surface area contributed by atoms with E-state index in [1.165, 1.54) is 16.9 Å². The first-order chi connectivity index (χ1) is 14.0.